The summed E-state index contributed by atoms with van der Waals surface area (Å²) >= 11 is 5.90. The van der Waals surface area contributed by atoms with Gasteiger partial charge in [0.2, 0.25) is 0 Å². The first-order valence-electron chi connectivity index (χ1n) is 5.24. The summed E-state index contributed by atoms with van der Waals surface area (Å²) in [4.78, 5) is 2.14. The molecule has 0 fully saturated rings. The van der Waals surface area contributed by atoms with Gasteiger partial charge in [0.1, 0.15) is 0 Å². The SMILES string of the molecule is COc1cc(CCCN(C)C)cc(Cl)c1O. The van der Waals surface area contributed by atoms with Gasteiger partial charge in [0.25, 0.3) is 0 Å². The van der Waals surface area contributed by atoms with Crippen molar-refractivity contribution >= 4 is 11.6 Å². The number of hydrogen-bond donors (Lipinski definition) is 1. The zero-order valence-electron chi connectivity index (χ0n) is 9.96. The van der Waals surface area contributed by atoms with Crippen molar-refractivity contribution in [3.63, 3.8) is 0 Å². The Morgan fingerprint density at radius 1 is 1.38 bits per heavy atom. The van der Waals surface area contributed by atoms with Crippen LogP contribution in [0.2, 0.25) is 5.02 Å². The van der Waals surface area contributed by atoms with Crippen LogP contribution in [0.5, 0.6) is 11.5 Å². The summed E-state index contributed by atoms with van der Waals surface area (Å²) in [6.07, 6.45) is 1.98. The molecule has 1 N–H and O–H groups in total. The van der Waals surface area contributed by atoms with Crippen LogP contribution in [0.15, 0.2) is 12.1 Å². The van der Waals surface area contributed by atoms with Crippen LogP contribution in [0.3, 0.4) is 0 Å². The van der Waals surface area contributed by atoms with Gasteiger partial charge in [-0.15, -0.1) is 0 Å². The molecule has 0 amide bonds. The number of aryl methyl sites for hydroxylation is 1. The fraction of sp³-hybridized carbons (Fsp3) is 0.500. The van der Waals surface area contributed by atoms with E-state index in [1.165, 1.54) is 7.11 Å². The Morgan fingerprint density at radius 3 is 2.62 bits per heavy atom. The maximum absolute atomic E-state index is 9.57. The first-order valence-corrected chi connectivity index (χ1v) is 5.62. The van der Waals surface area contributed by atoms with E-state index in [1.807, 2.05) is 20.2 Å². The third kappa shape index (κ3) is 3.58. The average Bonchev–Trinajstić information content (AvgIpc) is 2.22. The van der Waals surface area contributed by atoms with Crippen molar-refractivity contribution < 1.29 is 9.84 Å². The number of phenols is 1. The molecule has 0 aliphatic carbocycles. The van der Waals surface area contributed by atoms with Crippen LogP contribution in [0.1, 0.15) is 12.0 Å². The van der Waals surface area contributed by atoms with E-state index in [0.717, 1.165) is 24.9 Å². The number of aromatic hydroxyl groups is 1. The fourth-order valence-corrected chi connectivity index (χ4v) is 1.76. The van der Waals surface area contributed by atoms with Crippen molar-refractivity contribution in [1.29, 1.82) is 0 Å². The molecule has 0 aliphatic rings. The normalized spacial score (nSPS) is 10.8. The molecule has 0 bridgehead atoms. The minimum absolute atomic E-state index is 0.0144. The molecule has 0 aromatic heterocycles. The van der Waals surface area contributed by atoms with Crippen molar-refractivity contribution in [3.8, 4) is 11.5 Å². The quantitative estimate of drug-likeness (QED) is 0.863. The highest BCUT2D eigenvalue weighted by Crippen LogP contribution is 2.35. The van der Waals surface area contributed by atoms with Gasteiger partial charge in [-0.1, -0.05) is 11.6 Å². The molecule has 3 nitrogen and oxygen atoms in total. The summed E-state index contributed by atoms with van der Waals surface area (Å²) in [7, 11) is 5.61. The standard InChI is InChI=1S/C12H18ClNO2/c1-14(2)6-4-5-9-7-10(13)12(15)11(8-9)16-3/h7-8,15H,4-6H2,1-3H3. The lowest BCUT2D eigenvalue weighted by atomic mass is 10.1. The fourth-order valence-electron chi connectivity index (χ4n) is 1.53. The first kappa shape index (κ1) is 13.1. The Morgan fingerprint density at radius 2 is 2.06 bits per heavy atom. The number of methoxy groups -OCH3 is 1. The number of rotatable bonds is 5. The molecule has 0 atom stereocenters. The summed E-state index contributed by atoms with van der Waals surface area (Å²) in [5.74, 6) is 0.452. The summed E-state index contributed by atoms with van der Waals surface area (Å²) in [6.45, 7) is 1.03. The van der Waals surface area contributed by atoms with Gasteiger partial charge in [-0.2, -0.15) is 0 Å². The van der Waals surface area contributed by atoms with Crippen molar-refractivity contribution in [3.05, 3.63) is 22.7 Å². The number of benzene rings is 1. The highest BCUT2D eigenvalue weighted by Gasteiger charge is 2.08. The second kappa shape index (κ2) is 5.97. The lowest BCUT2D eigenvalue weighted by molar-refractivity contribution is 0.372. The molecule has 4 heteroatoms. The molecular weight excluding hydrogens is 226 g/mol. The Hall–Kier alpha value is -0.930. The smallest absolute Gasteiger partial charge is 0.176 e. The molecular formula is C12H18ClNO2. The lowest BCUT2D eigenvalue weighted by Crippen LogP contribution is -2.13. The van der Waals surface area contributed by atoms with Gasteiger partial charge < -0.3 is 14.7 Å². The van der Waals surface area contributed by atoms with Gasteiger partial charge in [-0.05, 0) is 51.2 Å². The summed E-state index contributed by atoms with van der Waals surface area (Å²) < 4.78 is 5.05. The minimum Gasteiger partial charge on any atom is -0.503 e. The van der Waals surface area contributed by atoms with Gasteiger partial charge in [0.05, 0.1) is 12.1 Å². The van der Waals surface area contributed by atoms with Gasteiger partial charge in [0.15, 0.2) is 11.5 Å². The Kier molecular flexibility index (Phi) is 4.90. The van der Waals surface area contributed by atoms with Gasteiger partial charge in [0, 0.05) is 0 Å². The summed E-state index contributed by atoms with van der Waals surface area (Å²) in [5.41, 5.74) is 1.08. The van der Waals surface area contributed by atoms with Gasteiger partial charge in [-0.3, -0.25) is 0 Å². The van der Waals surface area contributed by atoms with Gasteiger partial charge in [-0.25, -0.2) is 0 Å². The predicted octanol–water partition coefficient (Wildman–Crippen LogP) is 2.55. The number of ether oxygens (including phenoxy) is 1. The number of halogens is 1. The zero-order valence-corrected chi connectivity index (χ0v) is 10.7. The highest BCUT2D eigenvalue weighted by atomic mass is 35.5. The average molecular weight is 244 g/mol. The maximum Gasteiger partial charge on any atom is 0.176 e. The Bertz CT molecular complexity index is 353. The van der Waals surface area contributed by atoms with Gasteiger partial charge >= 0.3 is 0 Å². The molecule has 16 heavy (non-hydrogen) atoms. The van der Waals surface area contributed by atoms with Crippen molar-refractivity contribution in [2.24, 2.45) is 0 Å². The molecule has 1 aromatic carbocycles. The Balaban J connectivity index is 2.70. The number of hydrogen-bond acceptors (Lipinski definition) is 3. The van der Waals surface area contributed by atoms with E-state index in [9.17, 15) is 5.11 Å². The van der Waals surface area contributed by atoms with E-state index in [4.69, 9.17) is 16.3 Å². The van der Waals surface area contributed by atoms with Crippen LogP contribution in [-0.4, -0.2) is 37.8 Å². The zero-order chi connectivity index (χ0) is 12.1. The molecule has 0 saturated carbocycles. The monoisotopic (exact) mass is 243 g/mol. The largest absolute Gasteiger partial charge is 0.503 e. The van der Waals surface area contributed by atoms with Crippen molar-refractivity contribution in [1.82, 2.24) is 4.90 Å². The van der Waals surface area contributed by atoms with E-state index in [2.05, 4.69) is 4.90 Å². The molecule has 0 radical (unpaired) electrons. The number of nitrogens with zero attached hydrogens (tertiary/aromatic N) is 1. The molecule has 1 rings (SSSR count). The third-order valence-corrected chi connectivity index (χ3v) is 2.67. The van der Waals surface area contributed by atoms with Crippen molar-refractivity contribution in [2.75, 3.05) is 27.7 Å². The lowest BCUT2D eigenvalue weighted by Gasteiger charge is -2.11. The Labute approximate surface area is 102 Å². The second-order valence-corrected chi connectivity index (χ2v) is 4.44. The van der Waals surface area contributed by atoms with E-state index in [1.54, 1.807) is 6.07 Å². The molecule has 0 heterocycles. The molecule has 0 spiro atoms. The molecule has 90 valence electrons. The van der Waals surface area contributed by atoms with Crippen molar-refractivity contribution in [2.45, 2.75) is 12.8 Å². The molecule has 0 saturated heterocycles. The predicted molar refractivity (Wildman–Crippen MR) is 66.5 cm³/mol. The van der Waals surface area contributed by atoms with Crippen LogP contribution in [0.25, 0.3) is 0 Å². The van der Waals surface area contributed by atoms with Crippen LogP contribution in [0.4, 0.5) is 0 Å². The van der Waals surface area contributed by atoms with Crippen LogP contribution in [-0.2, 0) is 6.42 Å². The topological polar surface area (TPSA) is 32.7 Å². The minimum atomic E-state index is 0.0144. The molecule has 0 unspecified atom stereocenters. The second-order valence-electron chi connectivity index (χ2n) is 4.04. The van der Waals surface area contributed by atoms with Crippen LogP contribution < -0.4 is 4.74 Å². The molecule has 0 aliphatic heterocycles. The van der Waals surface area contributed by atoms with Crippen LogP contribution in [0, 0.1) is 0 Å². The molecule has 1 aromatic rings. The summed E-state index contributed by atoms with van der Waals surface area (Å²) in [5, 5.41) is 9.92. The summed E-state index contributed by atoms with van der Waals surface area (Å²) in [6, 6.07) is 3.62. The van der Waals surface area contributed by atoms with E-state index < -0.39 is 0 Å². The van der Waals surface area contributed by atoms with E-state index in [0.29, 0.717) is 10.8 Å². The highest BCUT2D eigenvalue weighted by molar-refractivity contribution is 6.32. The van der Waals surface area contributed by atoms with E-state index >= 15 is 0 Å². The van der Waals surface area contributed by atoms with E-state index in [-0.39, 0.29) is 5.75 Å². The third-order valence-electron chi connectivity index (χ3n) is 2.38. The number of phenolic OH excluding ortho intramolecular Hbond substituents is 1. The maximum atomic E-state index is 9.57. The van der Waals surface area contributed by atoms with Crippen LogP contribution >= 0.6 is 11.6 Å². The first-order chi connectivity index (χ1) is 7.54.